The topological polar surface area (TPSA) is 123 Å². The lowest BCUT2D eigenvalue weighted by molar-refractivity contribution is -0.138. The van der Waals surface area contributed by atoms with Crippen LogP contribution in [0.15, 0.2) is 28.0 Å². The molecule has 2 N–H and O–H groups in total. The number of aromatic nitrogens is 4. The van der Waals surface area contributed by atoms with Crippen LogP contribution in [0.1, 0.15) is 18.7 Å². The van der Waals surface area contributed by atoms with Crippen LogP contribution in [0, 0.1) is 0 Å². The summed E-state index contributed by atoms with van der Waals surface area (Å²) in [6.45, 7) is 1.45. The summed E-state index contributed by atoms with van der Waals surface area (Å²) in [6.07, 6.45) is 1.53. The van der Waals surface area contributed by atoms with E-state index in [0.717, 1.165) is 16.4 Å². The Balaban J connectivity index is 1.84. The van der Waals surface area contributed by atoms with Crippen LogP contribution in [0.4, 0.5) is 0 Å². The normalized spacial score (nSPS) is 12.0. The van der Waals surface area contributed by atoms with Gasteiger partial charge in [0.2, 0.25) is 11.1 Å². The van der Waals surface area contributed by atoms with Crippen LogP contribution in [0.25, 0.3) is 0 Å². The third-order valence-electron chi connectivity index (χ3n) is 2.46. The van der Waals surface area contributed by atoms with Gasteiger partial charge in [-0.05, 0) is 29.5 Å². The van der Waals surface area contributed by atoms with E-state index >= 15 is 0 Å². The Labute approximate surface area is 123 Å². The third kappa shape index (κ3) is 4.31. The molecular weight excluding hydrogens is 298 g/mol. The summed E-state index contributed by atoms with van der Waals surface area (Å²) in [7, 11) is 0. The lowest BCUT2D eigenvalue weighted by Crippen LogP contribution is -2.28. The van der Waals surface area contributed by atoms with Gasteiger partial charge in [0.25, 0.3) is 0 Å². The van der Waals surface area contributed by atoms with Crippen LogP contribution >= 0.6 is 11.8 Å². The SMILES string of the molecule is CC(NC(=O)CSc1nnnn1CC(=O)O)c1ccco1. The second kappa shape index (κ2) is 6.88. The fourth-order valence-electron chi connectivity index (χ4n) is 1.55. The number of tetrazole rings is 1. The van der Waals surface area contributed by atoms with Crippen molar-refractivity contribution in [3.8, 4) is 0 Å². The minimum absolute atomic E-state index is 0.0744. The molecule has 21 heavy (non-hydrogen) atoms. The first-order valence-corrected chi connectivity index (χ1v) is 6.98. The van der Waals surface area contributed by atoms with E-state index in [1.807, 2.05) is 0 Å². The summed E-state index contributed by atoms with van der Waals surface area (Å²) < 4.78 is 6.31. The van der Waals surface area contributed by atoms with Gasteiger partial charge in [0, 0.05) is 0 Å². The summed E-state index contributed by atoms with van der Waals surface area (Å²) in [6, 6.07) is 3.27. The van der Waals surface area contributed by atoms with Crippen molar-refractivity contribution < 1.29 is 19.1 Å². The number of nitrogens with zero attached hydrogens (tertiary/aromatic N) is 4. The molecule has 2 aromatic heterocycles. The number of furan rings is 1. The van der Waals surface area contributed by atoms with Crippen LogP contribution < -0.4 is 5.32 Å². The minimum Gasteiger partial charge on any atom is -0.480 e. The van der Waals surface area contributed by atoms with Crippen LogP contribution in [-0.4, -0.2) is 42.9 Å². The Morgan fingerprint density at radius 1 is 1.57 bits per heavy atom. The highest BCUT2D eigenvalue weighted by Gasteiger charge is 2.15. The molecule has 1 amide bonds. The van der Waals surface area contributed by atoms with Gasteiger partial charge in [-0.3, -0.25) is 9.59 Å². The fraction of sp³-hybridized carbons (Fsp3) is 0.364. The fourth-order valence-corrected chi connectivity index (χ4v) is 2.24. The monoisotopic (exact) mass is 311 g/mol. The Morgan fingerprint density at radius 2 is 2.38 bits per heavy atom. The Bertz CT molecular complexity index is 612. The van der Waals surface area contributed by atoms with Gasteiger partial charge in [0.15, 0.2) is 0 Å². The molecule has 0 aliphatic carbocycles. The zero-order valence-corrected chi connectivity index (χ0v) is 11.9. The molecule has 0 aliphatic heterocycles. The molecule has 1 unspecified atom stereocenters. The largest absolute Gasteiger partial charge is 0.480 e. The zero-order valence-electron chi connectivity index (χ0n) is 11.1. The summed E-state index contributed by atoms with van der Waals surface area (Å²) in [5, 5.41) is 22.3. The summed E-state index contributed by atoms with van der Waals surface area (Å²) in [5.41, 5.74) is 0. The van der Waals surface area contributed by atoms with Crippen LogP contribution in [0.2, 0.25) is 0 Å². The van der Waals surface area contributed by atoms with Crippen molar-refractivity contribution in [2.75, 3.05) is 5.75 Å². The smallest absolute Gasteiger partial charge is 0.325 e. The van der Waals surface area contributed by atoms with Crippen molar-refractivity contribution in [3.05, 3.63) is 24.2 Å². The second-order valence-corrected chi connectivity index (χ2v) is 5.05. The quantitative estimate of drug-likeness (QED) is 0.701. The number of carbonyl (C=O) groups excluding carboxylic acids is 1. The Morgan fingerprint density at radius 3 is 3.05 bits per heavy atom. The maximum absolute atomic E-state index is 11.8. The molecule has 0 saturated heterocycles. The first-order chi connectivity index (χ1) is 10.1. The van der Waals surface area contributed by atoms with Gasteiger partial charge >= 0.3 is 5.97 Å². The predicted octanol–water partition coefficient (Wildman–Crippen LogP) is 0.320. The molecule has 2 rings (SSSR count). The van der Waals surface area contributed by atoms with Crippen LogP contribution in [-0.2, 0) is 16.1 Å². The van der Waals surface area contributed by atoms with Crippen molar-refractivity contribution in [3.63, 3.8) is 0 Å². The van der Waals surface area contributed by atoms with Crippen molar-refractivity contribution in [2.45, 2.75) is 24.7 Å². The molecule has 0 aliphatic rings. The molecule has 0 fully saturated rings. The van der Waals surface area contributed by atoms with Gasteiger partial charge in [-0.2, -0.15) is 0 Å². The van der Waals surface area contributed by atoms with Crippen molar-refractivity contribution in [2.24, 2.45) is 0 Å². The average Bonchev–Trinajstić information content (AvgIpc) is 3.06. The minimum atomic E-state index is -1.06. The van der Waals surface area contributed by atoms with E-state index < -0.39 is 5.97 Å². The Kier molecular flexibility index (Phi) is 4.93. The van der Waals surface area contributed by atoms with Crippen molar-refractivity contribution in [1.82, 2.24) is 25.5 Å². The van der Waals surface area contributed by atoms with E-state index in [2.05, 4.69) is 20.8 Å². The lowest BCUT2D eigenvalue weighted by atomic mass is 10.2. The highest BCUT2D eigenvalue weighted by atomic mass is 32.2. The maximum Gasteiger partial charge on any atom is 0.325 e. The van der Waals surface area contributed by atoms with E-state index in [9.17, 15) is 9.59 Å². The van der Waals surface area contributed by atoms with Crippen molar-refractivity contribution in [1.29, 1.82) is 0 Å². The number of hydrogen-bond acceptors (Lipinski definition) is 7. The summed E-state index contributed by atoms with van der Waals surface area (Å²) >= 11 is 1.06. The van der Waals surface area contributed by atoms with E-state index in [-0.39, 0.29) is 29.4 Å². The molecule has 2 heterocycles. The zero-order chi connectivity index (χ0) is 15.2. The van der Waals surface area contributed by atoms with Crippen LogP contribution in [0.5, 0.6) is 0 Å². The molecular formula is C11H13N5O4S. The van der Waals surface area contributed by atoms with E-state index in [0.29, 0.717) is 5.76 Å². The summed E-state index contributed by atoms with van der Waals surface area (Å²) in [4.78, 5) is 22.4. The number of amides is 1. The molecule has 0 bridgehead atoms. The Hall–Kier alpha value is -2.36. The molecule has 0 spiro atoms. The number of carboxylic acids is 1. The second-order valence-electron chi connectivity index (χ2n) is 4.11. The number of carboxylic acid groups (broad SMARTS) is 1. The van der Waals surface area contributed by atoms with Crippen molar-refractivity contribution >= 4 is 23.6 Å². The molecule has 112 valence electrons. The highest BCUT2D eigenvalue weighted by molar-refractivity contribution is 7.99. The van der Waals surface area contributed by atoms with E-state index in [1.54, 1.807) is 19.1 Å². The third-order valence-corrected chi connectivity index (χ3v) is 3.42. The average molecular weight is 311 g/mol. The van der Waals surface area contributed by atoms with Gasteiger partial charge in [-0.15, -0.1) is 5.10 Å². The molecule has 0 saturated carbocycles. The number of nitrogens with one attached hydrogen (secondary N) is 1. The van der Waals surface area contributed by atoms with Crippen LogP contribution in [0.3, 0.4) is 0 Å². The molecule has 9 nitrogen and oxygen atoms in total. The molecule has 2 aromatic rings. The molecule has 1 atom stereocenters. The standard InChI is InChI=1S/C11H13N5O4S/c1-7(8-3-2-4-20-8)12-9(17)6-21-11-13-14-15-16(11)5-10(18)19/h2-4,7H,5-6H2,1H3,(H,12,17)(H,18,19). The summed E-state index contributed by atoms with van der Waals surface area (Å²) in [5.74, 6) is -0.553. The van der Waals surface area contributed by atoms with E-state index in [1.165, 1.54) is 6.26 Å². The predicted molar refractivity (Wildman–Crippen MR) is 71.4 cm³/mol. The van der Waals surface area contributed by atoms with Gasteiger partial charge in [-0.25, -0.2) is 4.68 Å². The van der Waals surface area contributed by atoms with Gasteiger partial charge in [0.05, 0.1) is 18.1 Å². The molecule has 0 aromatic carbocycles. The van der Waals surface area contributed by atoms with Gasteiger partial charge in [0.1, 0.15) is 12.3 Å². The number of hydrogen-bond donors (Lipinski definition) is 2. The van der Waals surface area contributed by atoms with E-state index in [4.69, 9.17) is 9.52 Å². The maximum atomic E-state index is 11.8. The van der Waals surface area contributed by atoms with Gasteiger partial charge < -0.3 is 14.8 Å². The number of thioether (sulfide) groups is 1. The van der Waals surface area contributed by atoms with Gasteiger partial charge in [-0.1, -0.05) is 11.8 Å². The lowest BCUT2D eigenvalue weighted by Gasteiger charge is -2.10. The first kappa shape index (κ1) is 15.0. The first-order valence-electron chi connectivity index (χ1n) is 6.00. The number of aliphatic carboxylic acids is 1. The number of rotatable bonds is 7. The molecule has 0 radical (unpaired) electrons. The highest BCUT2D eigenvalue weighted by Crippen LogP contribution is 2.15. The number of carbonyl (C=O) groups is 2. The molecule has 10 heteroatoms.